The predicted octanol–water partition coefficient (Wildman–Crippen LogP) is 3.41. The van der Waals surface area contributed by atoms with Crippen molar-refractivity contribution < 1.29 is 14.3 Å². The van der Waals surface area contributed by atoms with E-state index in [1.165, 1.54) is 11.1 Å². The van der Waals surface area contributed by atoms with Crippen LogP contribution in [0.2, 0.25) is 0 Å². The van der Waals surface area contributed by atoms with Gasteiger partial charge in [0.1, 0.15) is 5.75 Å². The van der Waals surface area contributed by atoms with Crippen LogP contribution in [0, 0.1) is 0 Å². The van der Waals surface area contributed by atoms with Crippen LogP contribution in [0.3, 0.4) is 0 Å². The number of hydrogen-bond acceptors (Lipinski definition) is 4. The van der Waals surface area contributed by atoms with Crippen LogP contribution in [-0.2, 0) is 11.2 Å². The maximum Gasteiger partial charge on any atom is 0.412 e. The van der Waals surface area contributed by atoms with Gasteiger partial charge in [0.05, 0.1) is 19.3 Å². The van der Waals surface area contributed by atoms with Crippen molar-refractivity contribution in [3.05, 3.63) is 65.7 Å². The summed E-state index contributed by atoms with van der Waals surface area (Å²) in [4.78, 5) is 14.5. The van der Waals surface area contributed by atoms with Gasteiger partial charge in [0.15, 0.2) is 0 Å². The Kier molecular flexibility index (Phi) is 6.63. The van der Waals surface area contributed by atoms with Crippen LogP contribution in [-0.4, -0.2) is 43.8 Å². The van der Waals surface area contributed by atoms with E-state index in [2.05, 4.69) is 41.4 Å². The molecule has 1 N–H and O–H groups in total. The Morgan fingerprint density at radius 1 is 1.12 bits per heavy atom. The van der Waals surface area contributed by atoms with Gasteiger partial charge in [0.2, 0.25) is 0 Å². The van der Waals surface area contributed by atoms with Gasteiger partial charge in [-0.1, -0.05) is 49.4 Å². The zero-order chi connectivity index (χ0) is 18.2. The number of carbonyl (C=O) groups is 1. The van der Waals surface area contributed by atoms with Crippen molar-refractivity contribution in [2.45, 2.75) is 19.4 Å². The fourth-order valence-corrected chi connectivity index (χ4v) is 3.13. The van der Waals surface area contributed by atoms with Gasteiger partial charge in [0.25, 0.3) is 0 Å². The highest BCUT2D eigenvalue weighted by molar-refractivity contribution is 5.70. The summed E-state index contributed by atoms with van der Waals surface area (Å²) in [7, 11) is 0. The molecule has 1 heterocycles. The fraction of sp³-hybridized carbons (Fsp3) is 0.381. The molecule has 1 fully saturated rings. The summed E-state index contributed by atoms with van der Waals surface area (Å²) in [5.41, 5.74) is 2.51. The number of amides is 1. The molecule has 1 saturated heterocycles. The van der Waals surface area contributed by atoms with Crippen molar-refractivity contribution in [1.82, 2.24) is 10.2 Å². The summed E-state index contributed by atoms with van der Waals surface area (Å²) in [6.07, 6.45) is 0.587. The number of ether oxygens (including phenoxy) is 2. The van der Waals surface area contributed by atoms with E-state index in [0.29, 0.717) is 12.3 Å². The highest BCUT2D eigenvalue weighted by Gasteiger charge is 2.23. The number of hydrogen-bond donors (Lipinski definition) is 1. The molecule has 1 aliphatic rings. The van der Waals surface area contributed by atoms with E-state index in [9.17, 15) is 4.79 Å². The third kappa shape index (κ3) is 5.07. The van der Waals surface area contributed by atoms with Crippen molar-refractivity contribution in [2.24, 2.45) is 0 Å². The van der Waals surface area contributed by atoms with Crippen LogP contribution in [0.4, 0.5) is 4.79 Å². The molecule has 3 rings (SSSR count). The number of benzene rings is 2. The first-order chi connectivity index (χ1) is 12.8. The van der Waals surface area contributed by atoms with E-state index in [-0.39, 0.29) is 6.04 Å². The van der Waals surface area contributed by atoms with Crippen molar-refractivity contribution in [3.63, 3.8) is 0 Å². The highest BCUT2D eigenvalue weighted by Crippen LogP contribution is 2.22. The van der Waals surface area contributed by atoms with Crippen molar-refractivity contribution in [3.8, 4) is 5.75 Å². The molecule has 1 unspecified atom stereocenters. The number of rotatable bonds is 6. The van der Waals surface area contributed by atoms with E-state index < -0.39 is 6.09 Å². The Labute approximate surface area is 154 Å². The monoisotopic (exact) mass is 354 g/mol. The largest absolute Gasteiger partial charge is 0.412 e. The molecular formula is C21H26N2O3. The standard InChI is InChI=1S/C21H26N2O3/c1-2-17-8-10-18(11-9-17)20(23-12-14-25-15-13-23)16-22-21(24)26-19-6-4-3-5-7-19/h3-11,20H,2,12-16H2,1H3,(H,22,24). The van der Waals surface area contributed by atoms with Gasteiger partial charge in [-0.05, 0) is 29.7 Å². The Morgan fingerprint density at radius 2 is 1.81 bits per heavy atom. The van der Waals surface area contributed by atoms with E-state index in [4.69, 9.17) is 9.47 Å². The third-order valence-electron chi connectivity index (χ3n) is 4.65. The second-order valence-electron chi connectivity index (χ2n) is 6.34. The Morgan fingerprint density at radius 3 is 2.46 bits per heavy atom. The molecule has 0 aromatic heterocycles. The first-order valence-electron chi connectivity index (χ1n) is 9.17. The molecular weight excluding hydrogens is 328 g/mol. The molecule has 5 heteroatoms. The molecule has 2 aromatic rings. The smallest absolute Gasteiger partial charge is 0.410 e. The number of morpholine rings is 1. The molecule has 1 aliphatic heterocycles. The average Bonchev–Trinajstić information content (AvgIpc) is 2.70. The molecule has 138 valence electrons. The summed E-state index contributed by atoms with van der Waals surface area (Å²) in [5.74, 6) is 0.542. The van der Waals surface area contributed by atoms with Gasteiger partial charge in [0, 0.05) is 19.6 Å². The maximum atomic E-state index is 12.2. The van der Waals surface area contributed by atoms with E-state index in [0.717, 1.165) is 32.7 Å². The Balaban J connectivity index is 1.65. The third-order valence-corrected chi connectivity index (χ3v) is 4.65. The van der Waals surface area contributed by atoms with Gasteiger partial charge < -0.3 is 14.8 Å². The molecule has 5 nitrogen and oxygen atoms in total. The number of nitrogens with zero attached hydrogens (tertiary/aromatic N) is 1. The van der Waals surface area contributed by atoms with E-state index in [1.54, 1.807) is 12.1 Å². The van der Waals surface area contributed by atoms with Crippen LogP contribution < -0.4 is 10.1 Å². The SMILES string of the molecule is CCc1ccc(C(CNC(=O)Oc2ccccc2)N2CCOCC2)cc1. The summed E-state index contributed by atoms with van der Waals surface area (Å²) < 4.78 is 10.8. The molecule has 0 bridgehead atoms. The molecule has 1 amide bonds. The molecule has 2 aromatic carbocycles. The van der Waals surface area contributed by atoms with Crippen LogP contribution in [0.1, 0.15) is 24.1 Å². The minimum absolute atomic E-state index is 0.105. The molecule has 0 saturated carbocycles. The zero-order valence-corrected chi connectivity index (χ0v) is 15.2. The van der Waals surface area contributed by atoms with Crippen molar-refractivity contribution >= 4 is 6.09 Å². The molecule has 0 spiro atoms. The topological polar surface area (TPSA) is 50.8 Å². The average molecular weight is 354 g/mol. The summed E-state index contributed by atoms with van der Waals surface area (Å²) in [6.45, 7) is 5.80. The zero-order valence-electron chi connectivity index (χ0n) is 15.2. The molecule has 0 aliphatic carbocycles. The predicted molar refractivity (Wildman–Crippen MR) is 101 cm³/mol. The lowest BCUT2D eigenvalue weighted by Crippen LogP contribution is -2.44. The fourth-order valence-electron chi connectivity index (χ4n) is 3.13. The highest BCUT2D eigenvalue weighted by atomic mass is 16.6. The molecule has 26 heavy (non-hydrogen) atoms. The first-order valence-corrected chi connectivity index (χ1v) is 9.17. The second-order valence-corrected chi connectivity index (χ2v) is 6.34. The second kappa shape index (κ2) is 9.36. The Hall–Kier alpha value is -2.37. The van der Waals surface area contributed by atoms with Gasteiger partial charge >= 0.3 is 6.09 Å². The normalized spacial score (nSPS) is 16.0. The lowest BCUT2D eigenvalue weighted by atomic mass is 10.0. The number of carbonyl (C=O) groups excluding carboxylic acids is 1. The van der Waals surface area contributed by atoms with Gasteiger partial charge in [-0.15, -0.1) is 0 Å². The quantitative estimate of drug-likeness (QED) is 0.864. The maximum absolute atomic E-state index is 12.2. The van der Waals surface area contributed by atoms with Gasteiger partial charge in [-0.3, -0.25) is 4.90 Å². The summed E-state index contributed by atoms with van der Waals surface area (Å²) in [5, 5.41) is 2.91. The number of aryl methyl sites for hydroxylation is 1. The lowest BCUT2D eigenvalue weighted by Gasteiger charge is -2.34. The van der Waals surface area contributed by atoms with Crippen LogP contribution in [0.15, 0.2) is 54.6 Å². The van der Waals surface area contributed by atoms with Crippen LogP contribution in [0.5, 0.6) is 5.75 Å². The number of para-hydroxylation sites is 1. The molecule has 1 atom stereocenters. The van der Waals surface area contributed by atoms with E-state index in [1.807, 2.05) is 18.2 Å². The van der Waals surface area contributed by atoms with Crippen molar-refractivity contribution in [2.75, 3.05) is 32.8 Å². The van der Waals surface area contributed by atoms with Gasteiger partial charge in [-0.25, -0.2) is 4.79 Å². The Bertz CT molecular complexity index is 682. The lowest BCUT2D eigenvalue weighted by molar-refractivity contribution is 0.0164. The van der Waals surface area contributed by atoms with Gasteiger partial charge in [-0.2, -0.15) is 0 Å². The minimum Gasteiger partial charge on any atom is -0.410 e. The summed E-state index contributed by atoms with van der Waals surface area (Å²) >= 11 is 0. The molecule has 0 radical (unpaired) electrons. The number of nitrogens with one attached hydrogen (secondary N) is 1. The van der Waals surface area contributed by atoms with Crippen LogP contribution >= 0.6 is 0 Å². The first kappa shape index (κ1) is 18.4. The van der Waals surface area contributed by atoms with E-state index >= 15 is 0 Å². The van der Waals surface area contributed by atoms with Crippen molar-refractivity contribution in [1.29, 1.82) is 0 Å². The van der Waals surface area contributed by atoms with Crippen LogP contribution in [0.25, 0.3) is 0 Å². The summed E-state index contributed by atoms with van der Waals surface area (Å²) in [6, 6.07) is 17.8. The minimum atomic E-state index is -0.431.